The number of ether oxygens (including phenoxy) is 1. The number of halogens is 2. The second-order valence-corrected chi connectivity index (χ2v) is 2.77. The first-order valence-electron chi connectivity index (χ1n) is 4.38. The Hall–Kier alpha value is -0.750. The number of rotatable bonds is 7. The van der Waals surface area contributed by atoms with Gasteiger partial charge in [0.2, 0.25) is 5.91 Å². The molecule has 14 heavy (non-hydrogen) atoms. The van der Waals surface area contributed by atoms with Gasteiger partial charge in [0.25, 0.3) is 6.43 Å². The molecule has 0 aliphatic heterocycles. The van der Waals surface area contributed by atoms with Crippen LogP contribution in [0.15, 0.2) is 0 Å². The highest BCUT2D eigenvalue weighted by molar-refractivity contribution is 5.81. The Kier molecular flexibility index (Phi) is 7.23. The van der Waals surface area contributed by atoms with E-state index in [4.69, 9.17) is 0 Å². The predicted molar refractivity (Wildman–Crippen MR) is 48.4 cm³/mol. The van der Waals surface area contributed by atoms with Crippen LogP contribution in [0.1, 0.15) is 6.92 Å². The van der Waals surface area contributed by atoms with Crippen molar-refractivity contribution in [2.24, 2.45) is 0 Å². The Morgan fingerprint density at radius 1 is 1.50 bits per heavy atom. The number of carbonyl (C=O) groups is 1. The average molecular weight is 210 g/mol. The first-order valence-corrected chi connectivity index (χ1v) is 4.38. The largest absolute Gasteiger partial charge is 0.374 e. The Balaban J connectivity index is 3.32. The molecule has 0 aromatic heterocycles. The van der Waals surface area contributed by atoms with E-state index in [1.165, 1.54) is 0 Å². The SMILES string of the molecule is CNC(C)C(=O)NCCOCC(F)F. The van der Waals surface area contributed by atoms with E-state index in [-0.39, 0.29) is 25.1 Å². The lowest BCUT2D eigenvalue weighted by Gasteiger charge is -2.10. The van der Waals surface area contributed by atoms with Gasteiger partial charge in [0.05, 0.1) is 12.6 Å². The van der Waals surface area contributed by atoms with Crippen molar-refractivity contribution in [3.63, 3.8) is 0 Å². The van der Waals surface area contributed by atoms with Gasteiger partial charge in [-0.2, -0.15) is 0 Å². The zero-order chi connectivity index (χ0) is 11.0. The van der Waals surface area contributed by atoms with E-state index in [1.807, 2.05) is 0 Å². The number of amides is 1. The smallest absolute Gasteiger partial charge is 0.261 e. The van der Waals surface area contributed by atoms with Crippen LogP contribution >= 0.6 is 0 Å². The van der Waals surface area contributed by atoms with Gasteiger partial charge in [-0.05, 0) is 14.0 Å². The van der Waals surface area contributed by atoms with Gasteiger partial charge in [-0.15, -0.1) is 0 Å². The van der Waals surface area contributed by atoms with Crippen LogP contribution in [-0.2, 0) is 9.53 Å². The lowest BCUT2D eigenvalue weighted by molar-refractivity contribution is -0.122. The summed E-state index contributed by atoms with van der Waals surface area (Å²) in [5.41, 5.74) is 0. The molecule has 0 radical (unpaired) electrons. The van der Waals surface area contributed by atoms with Gasteiger partial charge in [0.15, 0.2) is 0 Å². The van der Waals surface area contributed by atoms with E-state index in [1.54, 1.807) is 14.0 Å². The first kappa shape index (κ1) is 13.2. The van der Waals surface area contributed by atoms with Crippen LogP contribution in [0.25, 0.3) is 0 Å². The molecule has 0 aromatic rings. The first-order chi connectivity index (χ1) is 6.57. The van der Waals surface area contributed by atoms with E-state index in [0.717, 1.165) is 0 Å². The summed E-state index contributed by atoms with van der Waals surface area (Å²) < 4.78 is 27.7. The minimum absolute atomic E-state index is 0.104. The van der Waals surface area contributed by atoms with Crippen molar-refractivity contribution in [2.75, 3.05) is 26.8 Å². The lowest BCUT2D eigenvalue weighted by atomic mass is 10.3. The fourth-order valence-electron chi connectivity index (χ4n) is 0.703. The lowest BCUT2D eigenvalue weighted by Crippen LogP contribution is -2.41. The predicted octanol–water partition coefficient (Wildman–Crippen LogP) is -0.00780. The molecule has 2 N–H and O–H groups in total. The molecule has 0 aliphatic carbocycles. The quantitative estimate of drug-likeness (QED) is 0.581. The molecule has 1 unspecified atom stereocenters. The molecule has 1 amide bonds. The number of alkyl halides is 2. The summed E-state index contributed by atoms with van der Waals surface area (Å²) in [6, 6.07) is -0.287. The third kappa shape index (κ3) is 6.73. The molecule has 0 bridgehead atoms. The Labute approximate surface area is 82.0 Å². The van der Waals surface area contributed by atoms with Gasteiger partial charge in [-0.25, -0.2) is 8.78 Å². The van der Waals surface area contributed by atoms with Crippen LogP contribution in [0.4, 0.5) is 8.78 Å². The average Bonchev–Trinajstić information content (AvgIpc) is 2.15. The molecule has 6 heteroatoms. The Morgan fingerprint density at radius 2 is 2.14 bits per heavy atom. The fraction of sp³-hybridized carbons (Fsp3) is 0.875. The van der Waals surface area contributed by atoms with E-state index >= 15 is 0 Å². The molecule has 0 aliphatic rings. The van der Waals surface area contributed by atoms with Crippen molar-refractivity contribution >= 4 is 5.91 Å². The van der Waals surface area contributed by atoms with Crippen LogP contribution in [-0.4, -0.2) is 45.2 Å². The van der Waals surface area contributed by atoms with Crippen LogP contribution in [0, 0.1) is 0 Å². The van der Waals surface area contributed by atoms with E-state index < -0.39 is 13.0 Å². The number of hydrogen-bond acceptors (Lipinski definition) is 3. The van der Waals surface area contributed by atoms with Crippen molar-refractivity contribution in [1.82, 2.24) is 10.6 Å². The van der Waals surface area contributed by atoms with Gasteiger partial charge in [-0.3, -0.25) is 4.79 Å². The third-order valence-corrected chi connectivity index (χ3v) is 1.62. The molecule has 0 rings (SSSR count). The fourth-order valence-corrected chi connectivity index (χ4v) is 0.703. The second kappa shape index (κ2) is 7.64. The van der Waals surface area contributed by atoms with Crippen LogP contribution in [0.3, 0.4) is 0 Å². The third-order valence-electron chi connectivity index (χ3n) is 1.62. The summed E-state index contributed by atoms with van der Waals surface area (Å²) in [4.78, 5) is 11.1. The minimum Gasteiger partial charge on any atom is -0.374 e. The molecule has 0 fully saturated rings. The summed E-state index contributed by atoms with van der Waals surface area (Å²) in [5, 5.41) is 5.29. The van der Waals surface area contributed by atoms with Gasteiger partial charge in [0, 0.05) is 6.54 Å². The maximum Gasteiger partial charge on any atom is 0.261 e. The van der Waals surface area contributed by atoms with Crippen molar-refractivity contribution in [3.8, 4) is 0 Å². The number of likely N-dealkylation sites (N-methyl/N-ethyl adjacent to an activating group) is 1. The van der Waals surface area contributed by atoms with Gasteiger partial charge >= 0.3 is 0 Å². The zero-order valence-electron chi connectivity index (χ0n) is 8.35. The molecular formula is C8H16F2N2O2. The van der Waals surface area contributed by atoms with E-state index in [9.17, 15) is 13.6 Å². The molecule has 0 spiro atoms. The number of hydrogen-bond donors (Lipinski definition) is 2. The van der Waals surface area contributed by atoms with Crippen molar-refractivity contribution in [2.45, 2.75) is 19.4 Å². The molecule has 0 heterocycles. The molecule has 0 saturated heterocycles. The zero-order valence-corrected chi connectivity index (χ0v) is 8.35. The standard InChI is InChI=1S/C8H16F2N2O2/c1-6(11-2)8(13)12-3-4-14-5-7(9)10/h6-7,11H,3-5H2,1-2H3,(H,12,13). The summed E-state index contributed by atoms with van der Waals surface area (Å²) in [7, 11) is 1.66. The Bertz CT molecular complexity index is 167. The van der Waals surface area contributed by atoms with E-state index in [2.05, 4.69) is 15.4 Å². The number of nitrogens with one attached hydrogen (secondary N) is 2. The van der Waals surface area contributed by atoms with Gasteiger partial charge < -0.3 is 15.4 Å². The molecule has 0 saturated carbocycles. The summed E-state index contributed by atoms with van der Waals surface area (Å²) >= 11 is 0. The van der Waals surface area contributed by atoms with Gasteiger partial charge in [0.1, 0.15) is 6.61 Å². The highest BCUT2D eigenvalue weighted by atomic mass is 19.3. The molecule has 84 valence electrons. The van der Waals surface area contributed by atoms with Crippen molar-refractivity contribution < 1.29 is 18.3 Å². The second-order valence-electron chi connectivity index (χ2n) is 2.77. The topological polar surface area (TPSA) is 50.4 Å². The summed E-state index contributed by atoms with van der Waals surface area (Å²) in [6.45, 7) is 1.47. The molecular weight excluding hydrogens is 194 g/mol. The minimum atomic E-state index is -2.46. The van der Waals surface area contributed by atoms with Crippen molar-refractivity contribution in [3.05, 3.63) is 0 Å². The summed E-state index contributed by atoms with van der Waals surface area (Å²) in [5.74, 6) is -0.173. The van der Waals surface area contributed by atoms with Crippen LogP contribution in [0.2, 0.25) is 0 Å². The maximum absolute atomic E-state index is 11.6. The molecule has 4 nitrogen and oxygen atoms in total. The highest BCUT2D eigenvalue weighted by Gasteiger charge is 2.08. The summed E-state index contributed by atoms with van der Waals surface area (Å²) in [6.07, 6.45) is -2.46. The number of carbonyl (C=O) groups excluding carboxylic acids is 1. The maximum atomic E-state index is 11.6. The van der Waals surface area contributed by atoms with Crippen LogP contribution < -0.4 is 10.6 Å². The van der Waals surface area contributed by atoms with Crippen LogP contribution in [0.5, 0.6) is 0 Å². The van der Waals surface area contributed by atoms with E-state index in [0.29, 0.717) is 0 Å². The highest BCUT2D eigenvalue weighted by Crippen LogP contribution is 1.91. The molecule has 1 atom stereocenters. The normalized spacial score (nSPS) is 12.9. The van der Waals surface area contributed by atoms with Gasteiger partial charge in [-0.1, -0.05) is 0 Å². The Morgan fingerprint density at radius 3 is 2.64 bits per heavy atom. The monoisotopic (exact) mass is 210 g/mol. The molecule has 0 aromatic carbocycles. The van der Waals surface area contributed by atoms with Crippen molar-refractivity contribution in [1.29, 1.82) is 0 Å².